The summed E-state index contributed by atoms with van der Waals surface area (Å²) in [4.78, 5) is 12.5. The Kier molecular flexibility index (Phi) is 6.86. The van der Waals surface area contributed by atoms with Crippen molar-refractivity contribution in [3.05, 3.63) is 41.4 Å². The van der Waals surface area contributed by atoms with Crippen LogP contribution in [0, 0.1) is 0 Å². The molecule has 23 heavy (non-hydrogen) atoms. The highest BCUT2D eigenvalue weighted by Gasteiger charge is 2.18. The van der Waals surface area contributed by atoms with Crippen LogP contribution in [0.15, 0.2) is 30.9 Å². The maximum Gasteiger partial charge on any atom is 0.253 e. The highest BCUT2D eigenvalue weighted by molar-refractivity contribution is 7.80. The molecule has 0 bridgehead atoms. The number of benzene rings is 1. The standard InChI is InChI=1S/C17H22ClN3OS/c1-2-10-19-17(23)21-13-8-9-15(18)14(11-13)16(22)20-12-6-4-3-5-7-12/h2,8-9,11-12H,1,3-7,10H2,(H,20,22)(H2,19,21,23). The Balaban J connectivity index is 2.02. The van der Waals surface area contributed by atoms with Crippen LogP contribution in [-0.4, -0.2) is 23.6 Å². The summed E-state index contributed by atoms with van der Waals surface area (Å²) in [6, 6.07) is 5.47. The average molecular weight is 352 g/mol. The van der Waals surface area contributed by atoms with Crippen molar-refractivity contribution in [2.24, 2.45) is 0 Å². The first kappa shape index (κ1) is 17.8. The Morgan fingerprint density at radius 2 is 2.09 bits per heavy atom. The van der Waals surface area contributed by atoms with E-state index in [2.05, 4.69) is 22.5 Å². The van der Waals surface area contributed by atoms with Crippen molar-refractivity contribution in [2.45, 2.75) is 38.1 Å². The van der Waals surface area contributed by atoms with Gasteiger partial charge >= 0.3 is 0 Å². The summed E-state index contributed by atoms with van der Waals surface area (Å²) < 4.78 is 0. The van der Waals surface area contributed by atoms with Gasteiger partial charge in [0.05, 0.1) is 10.6 Å². The van der Waals surface area contributed by atoms with Crippen LogP contribution in [0.2, 0.25) is 5.02 Å². The third kappa shape index (κ3) is 5.52. The fourth-order valence-electron chi connectivity index (χ4n) is 2.63. The first-order valence-electron chi connectivity index (χ1n) is 7.86. The highest BCUT2D eigenvalue weighted by Crippen LogP contribution is 2.22. The summed E-state index contributed by atoms with van der Waals surface area (Å²) >= 11 is 11.3. The van der Waals surface area contributed by atoms with Crippen LogP contribution in [0.3, 0.4) is 0 Å². The molecule has 6 heteroatoms. The Hall–Kier alpha value is -1.59. The van der Waals surface area contributed by atoms with E-state index in [4.69, 9.17) is 23.8 Å². The number of amides is 1. The molecule has 0 unspecified atom stereocenters. The first-order valence-corrected chi connectivity index (χ1v) is 8.65. The van der Waals surface area contributed by atoms with Gasteiger partial charge in [-0.3, -0.25) is 4.79 Å². The summed E-state index contributed by atoms with van der Waals surface area (Å²) in [6.45, 7) is 4.20. The summed E-state index contributed by atoms with van der Waals surface area (Å²) in [5, 5.41) is 10.0. The van der Waals surface area contributed by atoms with Crippen molar-refractivity contribution < 1.29 is 4.79 Å². The van der Waals surface area contributed by atoms with Crippen LogP contribution in [0.5, 0.6) is 0 Å². The molecule has 3 N–H and O–H groups in total. The van der Waals surface area contributed by atoms with E-state index in [0.29, 0.717) is 22.2 Å². The lowest BCUT2D eigenvalue weighted by atomic mass is 9.95. The molecule has 0 heterocycles. The fraction of sp³-hybridized carbons (Fsp3) is 0.412. The van der Waals surface area contributed by atoms with E-state index < -0.39 is 0 Å². The summed E-state index contributed by atoms with van der Waals surface area (Å²) in [6.07, 6.45) is 7.39. The third-order valence-corrected chi connectivity index (χ3v) is 4.39. The molecule has 0 aliphatic heterocycles. The molecule has 2 rings (SSSR count). The monoisotopic (exact) mass is 351 g/mol. The zero-order valence-electron chi connectivity index (χ0n) is 13.0. The molecule has 0 aromatic heterocycles. The van der Waals surface area contributed by atoms with Gasteiger partial charge < -0.3 is 16.0 Å². The van der Waals surface area contributed by atoms with Gasteiger partial charge in [-0.25, -0.2) is 0 Å². The lowest BCUT2D eigenvalue weighted by Crippen LogP contribution is -2.36. The molecule has 1 aromatic rings. The van der Waals surface area contributed by atoms with Gasteiger partial charge in [0.1, 0.15) is 0 Å². The minimum Gasteiger partial charge on any atom is -0.359 e. The predicted molar refractivity (Wildman–Crippen MR) is 100 cm³/mol. The molecule has 0 spiro atoms. The Morgan fingerprint density at radius 1 is 1.35 bits per heavy atom. The molecular formula is C17H22ClN3OS. The molecule has 4 nitrogen and oxygen atoms in total. The minimum absolute atomic E-state index is 0.129. The van der Waals surface area contributed by atoms with Crippen molar-refractivity contribution in [3.8, 4) is 0 Å². The van der Waals surface area contributed by atoms with Crippen molar-refractivity contribution in [1.82, 2.24) is 10.6 Å². The number of carbonyl (C=O) groups excluding carboxylic acids is 1. The second-order valence-corrected chi connectivity index (χ2v) is 6.44. The molecule has 1 saturated carbocycles. The molecule has 1 aromatic carbocycles. The molecule has 0 atom stereocenters. The highest BCUT2D eigenvalue weighted by atomic mass is 35.5. The van der Waals surface area contributed by atoms with Gasteiger partial charge in [0.25, 0.3) is 5.91 Å². The number of thiocarbonyl (C=S) groups is 1. The predicted octanol–water partition coefficient (Wildman–Crippen LogP) is 3.87. The van der Waals surface area contributed by atoms with Crippen molar-refractivity contribution in [3.63, 3.8) is 0 Å². The number of hydrogen-bond acceptors (Lipinski definition) is 2. The zero-order chi connectivity index (χ0) is 16.7. The topological polar surface area (TPSA) is 53.2 Å². The van der Waals surface area contributed by atoms with Crippen LogP contribution < -0.4 is 16.0 Å². The molecular weight excluding hydrogens is 330 g/mol. The van der Waals surface area contributed by atoms with Gasteiger partial charge in [0.2, 0.25) is 0 Å². The summed E-state index contributed by atoms with van der Waals surface area (Å²) in [5.74, 6) is -0.129. The van der Waals surface area contributed by atoms with E-state index in [1.807, 2.05) is 0 Å². The lowest BCUT2D eigenvalue weighted by Gasteiger charge is -2.23. The minimum atomic E-state index is -0.129. The number of hydrogen-bond donors (Lipinski definition) is 3. The zero-order valence-corrected chi connectivity index (χ0v) is 14.6. The maximum absolute atomic E-state index is 12.5. The smallest absolute Gasteiger partial charge is 0.253 e. The second-order valence-electron chi connectivity index (χ2n) is 5.63. The molecule has 1 amide bonds. The molecule has 124 valence electrons. The Morgan fingerprint density at radius 3 is 2.78 bits per heavy atom. The van der Waals surface area contributed by atoms with Crippen molar-refractivity contribution >= 4 is 40.5 Å². The van der Waals surface area contributed by atoms with Crippen LogP contribution in [0.1, 0.15) is 42.5 Å². The van der Waals surface area contributed by atoms with Crippen LogP contribution in [0.4, 0.5) is 5.69 Å². The Labute approximate surface area is 147 Å². The quantitative estimate of drug-likeness (QED) is 0.556. The number of nitrogens with one attached hydrogen (secondary N) is 3. The molecule has 0 saturated heterocycles. The van der Waals surface area contributed by atoms with Gasteiger partial charge in [0.15, 0.2) is 5.11 Å². The SMILES string of the molecule is C=CCNC(=S)Nc1ccc(Cl)c(C(=O)NC2CCCCC2)c1. The molecule has 1 aliphatic carbocycles. The molecule has 0 radical (unpaired) electrons. The van der Waals surface area contributed by atoms with Crippen LogP contribution >= 0.6 is 23.8 Å². The van der Waals surface area contributed by atoms with Crippen LogP contribution in [-0.2, 0) is 0 Å². The molecule has 1 aliphatic rings. The summed E-state index contributed by atoms with van der Waals surface area (Å²) in [5.41, 5.74) is 1.19. The van der Waals surface area contributed by atoms with E-state index in [1.54, 1.807) is 24.3 Å². The lowest BCUT2D eigenvalue weighted by molar-refractivity contribution is 0.0928. The second kappa shape index (κ2) is 8.89. The summed E-state index contributed by atoms with van der Waals surface area (Å²) in [7, 11) is 0. The largest absolute Gasteiger partial charge is 0.359 e. The van der Waals surface area contributed by atoms with Gasteiger partial charge in [-0.2, -0.15) is 0 Å². The third-order valence-electron chi connectivity index (χ3n) is 3.82. The van der Waals surface area contributed by atoms with Gasteiger partial charge in [-0.1, -0.05) is 36.9 Å². The number of rotatable bonds is 5. The molecule has 1 fully saturated rings. The van der Waals surface area contributed by atoms with Crippen LogP contribution in [0.25, 0.3) is 0 Å². The van der Waals surface area contributed by atoms with Gasteiger partial charge in [-0.05, 0) is 43.3 Å². The fourth-order valence-corrected chi connectivity index (χ4v) is 3.03. The van der Waals surface area contributed by atoms with Crippen molar-refractivity contribution in [1.29, 1.82) is 0 Å². The maximum atomic E-state index is 12.5. The van der Waals surface area contributed by atoms with E-state index in [0.717, 1.165) is 18.5 Å². The van der Waals surface area contributed by atoms with Gasteiger partial charge in [0, 0.05) is 18.3 Å². The van der Waals surface area contributed by atoms with Crippen molar-refractivity contribution in [2.75, 3.05) is 11.9 Å². The van der Waals surface area contributed by atoms with E-state index in [9.17, 15) is 4.79 Å². The van der Waals surface area contributed by atoms with E-state index >= 15 is 0 Å². The number of halogens is 1. The van der Waals surface area contributed by atoms with Gasteiger partial charge in [-0.15, -0.1) is 6.58 Å². The number of anilines is 1. The van der Waals surface area contributed by atoms with E-state index in [-0.39, 0.29) is 11.9 Å². The average Bonchev–Trinajstić information content (AvgIpc) is 2.55. The normalized spacial score (nSPS) is 14.8. The van der Waals surface area contributed by atoms with E-state index in [1.165, 1.54) is 19.3 Å². The first-order chi connectivity index (χ1) is 11.1. The number of carbonyl (C=O) groups is 1. The Bertz CT molecular complexity index is 585.